The van der Waals surface area contributed by atoms with Crippen LogP contribution in [0.4, 0.5) is 11.4 Å². The van der Waals surface area contributed by atoms with Gasteiger partial charge >= 0.3 is 5.97 Å². The number of piperazine rings is 1. The molecule has 7 nitrogen and oxygen atoms in total. The van der Waals surface area contributed by atoms with Gasteiger partial charge in [0.2, 0.25) is 11.8 Å². The van der Waals surface area contributed by atoms with E-state index in [0.717, 1.165) is 18.8 Å². The second-order valence-electron chi connectivity index (χ2n) is 6.91. The summed E-state index contributed by atoms with van der Waals surface area (Å²) in [6.07, 6.45) is 0.0625. The van der Waals surface area contributed by atoms with Crippen LogP contribution in [0.25, 0.3) is 0 Å². The molecule has 2 aromatic carbocycles. The van der Waals surface area contributed by atoms with Crippen molar-refractivity contribution in [3.8, 4) is 0 Å². The van der Waals surface area contributed by atoms with E-state index < -0.39 is 12.5 Å². The number of nitrogens with zero attached hydrogens (tertiary/aromatic N) is 3. The quantitative estimate of drug-likeness (QED) is 0.778. The molecule has 0 spiro atoms. The number of carboxylic acids is 1. The minimum absolute atomic E-state index is 0.0140. The Morgan fingerprint density at radius 2 is 1.41 bits per heavy atom. The molecule has 0 atom stereocenters. The molecule has 2 aromatic rings. The summed E-state index contributed by atoms with van der Waals surface area (Å²) in [5.41, 5.74) is 1.66. The largest absolute Gasteiger partial charge is 0.480 e. The highest BCUT2D eigenvalue weighted by molar-refractivity contribution is 5.98. The van der Waals surface area contributed by atoms with Gasteiger partial charge in [-0.15, -0.1) is 0 Å². The molecule has 1 N–H and O–H groups in total. The topological polar surface area (TPSA) is 81.2 Å². The van der Waals surface area contributed by atoms with Crippen LogP contribution in [-0.2, 0) is 14.4 Å². The first-order valence-corrected chi connectivity index (χ1v) is 9.69. The van der Waals surface area contributed by atoms with Gasteiger partial charge in [0.25, 0.3) is 0 Å². The van der Waals surface area contributed by atoms with Crippen LogP contribution in [0.1, 0.15) is 12.8 Å². The van der Waals surface area contributed by atoms with E-state index in [2.05, 4.69) is 17.0 Å². The van der Waals surface area contributed by atoms with E-state index in [1.54, 1.807) is 35.2 Å². The maximum atomic E-state index is 12.6. The Balaban J connectivity index is 1.51. The van der Waals surface area contributed by atoms with E-state index in [0.29, 0.717) is 18.8 Å². The molecule has 2 amide bonds. The number of aliphatic carboxylic acids is 1. The van der Waals surface area contributed by atoms with Crippen molar-refractivity contribution in [1.29, 1.82) is 0 Å². The zero-order chi connectivity index (χ0) is 20.6. The number of carboxylic acid groups (broad SMARTS) is 1. The fourth-order valence-electron chi connectivity index (χ4n) is 3.43. The monoisotopic (exact) mass is 395 g/mol. The lowest BCUT2D eigenvalue weighted by atomic mass is 10.2. The number of carbonyl (C=O) groups is 3. The molecule has 152 valence electrons. The number of benzene rings is 2. The minimum atomic E-state index is -1.09. The summed E-state index contributed by atoms with van der Waals surface area (Å²) in [7, 11) is 0. The highest BCUT2D eigenvalue weighted by Crippen LogP contribution is 2.17. The highest BCUT2D eigenvalue weighted by atomic mass is 16.4. The van der Waals surface area contributed by atoms with Crippen molar-refractivity contribution < 1.29 is 19.5 Å². The number of carbonyl (C=O) groups excluding carboxylic acids is 2. The molecular weight excluding hydrogens is 370 g/mol. The Morgan fingerprint density at radius 1 is 0.828 bits per heavy atom. The second-order valence-corrected chi connectivity index (χ2v) is 6.91. The van der Waals surface area contributed by atoms with Crippen LogP contribution in [-0.4, -0.2) is 60.5 Å². The average Bonchev–Trinajstić information content (AvgIpc) is 2.77. The Bertz CT molecular complexity index is 834. The molecule has 3 rings (SSSR count). The van der Waals surface area contributed by atoms with Crippen molar-refractivity contribution in [2.75, 3.05) is 42.5 Å². The van der Waals surface area contributed by atoms with Gasteiger partial charge in [0, 0.05) is 50.4 Å². The minimum Gasteiger partial charge on any atom is -0.480 e. The van der Waals surface area contributed by atoms with E-state index in [4.69, 9.17) is 5.11 Å². The smallest absolute Gasteiger partial charge is 0.323 e. The SMILES string of the molecule is O=C(O)CN(C(=O)CCC(=O)N1CCN(c2ccccc2)CC1)c1ccccc1. The highest BCUT2D eigenvalue weighted by Gasteiger charge is 2.24. The first-order chi connectivity index (χ1) is 14.0. The number of amides is 2. The van der Waals surface area contributed by atoms with Gasteiger partial charge in [-0.3, -0.25) is 14.4 Å². The number of rotatable bonds is 7. The molecule has 0 radical (unpaired) electrons. The van der Waals surface area contributed by atoms with Crippen molar-refractivity contribution in [2.45, 2.75) is 12.8 Å². The molecule has 0 aliphatic carbocycles. The van der Waals surface area contributed by atoms with Crippen LogP contribution in [0, 0.1) is 0 Å². The number of hydrogen-bond acceptors (Lipinski definition) is 4. The third-order valence-electron chi connectivity index (χ3n) is 4.97. The summed E-state index contributed by atoms with van der Waals surface area (Å²) < 4.78 is 0. The molecule has 1 saturated heterocycles. The molecule has 0 aromatic heterocycles. The molecular formula is C22H25N3O4. The molecule has 0 bridgehead atoms. The van der Waals surface area contributed by atoms with Gasteiger partial charge in [0.05, 0.1) is 0 Å². The third-order valence-corrected chi connectivity index (χ3v) is 4.97. The van der Waals surface area contributed by atoms with Crippen LogP contribution >= 0.6 is 0 Å². The molecule has 7 heteroatoms. The lowest BCUT2D eigenvalue weighted by Gasteiger charge is -2.36. The Kier molecular flexibility index (Phi) is 6.84. The van der Waals surface area contributed by atoms with E-state index in [9.17, 15) is 14.4 Å². The first kappa shape index (κ1) is 20.4. The van der Waals surface area contributed by atoms with E-state index >= 15 is 0 Å². The van der Waals surface area contributed by atoms with Crippen molar-refractivity contribution in [1.82, 2.24) is 4.90 Å². The van der Waals surface area contributed by atoms with Crippen LogP contribution in [0.5, 0.6) is 0 Å². The lowest BCUT2D eigenvalue weighted by molar-refractivity contribution is -0.136. The zero-order valence-electron chi connectivity index (χ0n) is 16.2. The van der Waals surface area contributed by atoms with Crippen molar-refractivity contribution in [3.05, 3.63) is 60.7 Å². The fourth-order valence-corrected chi connectivity index (χ4v) is 3.43. The molecule has 0 saturated carbocycles. The van der Waals surface area contributed by atoms with Gasteiger partial charge in [-0.05, 0) is 24.3 Å². The maximum absolute atomic E-state index is 12.6. The summed E-state index contributed by atoms with van der Waals surface area (Å²) in [6, 6.07) is 18.7. The van der Waals surface area contributed by atoms with Gasteiger partial charge in [-0.2, -0.15) is 0 Å². The third kappa shape index (κ3) is 5.57. The van der Waals surface area contributed by atoms with E-state index in [1.165, 1.54) is 4.90 Å². The van der Waals surface area contributed by atoms with E-state index in [-0.39, 0.29) is 24.7 Å². The number of anilines is 2. The Hall–Kier alpha value is -3.35. The predicted octanol–water partition coefficient (Wildman–Crippen LogP) is 2.23. The molecule has 1 heterocycles. The molecule has 1 aliphatic heterocycles. The van der Waals surface area contributed by atoms with Crippen molar-refractivity contribution in [2.24, 2.45) is 0 Å². The van der Waals surface area contributed by atoms with Crippen LogP contribution in [0.15, 0.2) is 60.7 Å². The van der Waals surface area contributed by atoms with Crippen molar-refractivity contribution >= 4 is 29.2 Å². The lowest BCUT2D eigenvalue weighted by Crippen LogP contribution is -2.49. The van der Waals surface area contributed by atoms with Crippen molar-refractivity contribution in [3.63, 3.8) is 0 Å². The standard InChI is InChI=1S/C22H25N3O4/c26-20(24-15-13-23(14-16-24)18-7-3-1-4-8-18)11-12-21(27)25(17-22(28)29)19-9-5-2-6-10-19/h1-10H,11-17H2,(H,28,29). The van der Waals surface area contributed by atoms with Gasteiger partial charge in [-0.25, -0.2) is 0 Å². The number of para-hydroxylation sites is 2. The summed E-state index contributed by atoms with van der Waals surface area (Å²) >= 11 is 0. The second kappa shape index (κ2) is 9.73. The summed E-state index contributed by atoms with van der Waals surface area (Å²) in [4.78, 5) is 41.5. The maximum Gasteiger partial charge on any atom is 0.323 e. The molecule has 1 aliphatic rings. The zero-order valence-corrected chi connectivity index (χ0v) is 16.2. The predicted molar refractivity (Wildman–Crippen MR) is 111 cm³/mol. The molecule has 29 heavy (non-hydrogen) atoms. The number of hydrogen-bond donors (Lipinski definition) is 1. The average molecular weight is 395 g/mol. The molecule has 1 fully saturated rings. The van der Waals surface area contributed by atoms with Crippen LogP contribution in [0.2, 0.25) is 0 Å². The van der Waals surface area contributed by atoms with Crippen LogP contribution < -0.4 is 9.80 Å². The normalized spacial score (nSPS) is 13.8. The molecule has 0 unspecified atom stereocenters. The fraction of sp³-hybridized carbons (Fsp3) is 0.318. The Morgan fingerprint density at radius 3 is 2.00 bits per heavy atom. The van der Waals surface area contributed by atoms with Gasteiger partial charge in [0.15, 0.2) is 0 Å². The van der Waals surface area contributed by atoms with Gasteiger partial charge in [0.1, 0.15) is 6.54 Å². The summed E-state index contributed by atoms with van der Waals surface area (Å²) in [5, 5.41) is 9.12. The van der Waals surface area contributed by atoms with Crippen LogP contribution in [0.3, 0.4) is 0 Å². The summed E-state index contributed by atoms with van der Waals surface area (Å²) in [6.45, 7) is 2.30. The summed E-state index contributed by atoms with van der Waals surface area (Å²) in [5.74, 6) is -1.53. The van der Waals surface area contributed by atoms with E-state index in [1.807, 2.05) is 18.2 Å². The Labute approximate surface area is 170 Å². The van der Waals surface area contributed by atoms with Gasteiger partial charge in [-0.1, -0.05) is 36.4 Å². The van der Waals surface area contributed by atoms with Gasteiger partial charge < -0.3 is 19.8 Å². The first-order valence-electron chi connectivity index (χ1n) is 9.69.